The number of ether oxygens (including phenoxy) is 1. The van der Waals surface area contributed by atoms with Crippen LogP contribution in [0.1, 0.15) is 27.7 Å². The summed E-state index contributed by atoms with van der Waals surface area (Å²) in [6.07, 6.45) is -0.539. The highest BCUT2D eigenvalue weighted by Crippen LogP contribution is 2.16. The molecule has 1 aromatic rings. The topological polar surface area (TPSA) is 61.8 Å². The van der Waals surface area contributed by atoms with Crippen molar-refractivity contribution in [3.8, 4) is 5.75 Å². The molecule has 1 atom stereocenters. The first-order valence-corrected chi connectivity index (χ1v) is 7.53. The van der Waals surface area contributed by atoms with Gasteiger partial charge in [0.15, 0.2) is 0 Å². The summed E-state index contributed by atoms with van der Waals surface area (Å²) in [7, 11) is 2.00. The molecule has 0 aliphatic heterocycles. The van der Waals surface area contributed by atoms with Gasteiger partial charge in [-0.1, -0.05) is 20.8 Å². The van der Waals surface area contributed by atoms with Crippen LogP contribution in [-0.4, -0.2) is 48.8 Å². The van der Waals surface area contributed by atoms with Crippen LogP contribution in [0.15, 0.2) is 24.3 Å². The highest BCUT2D eigenvalue weighted by atomic mass is 16.5. The van der Waals surface area contributed by atoms with Crippen molar-refractivity contribution in [3.63, 3.8) is 0 Å². The third-order valence-electron chi connectivity index (χ3n) is 2.88. The van der Waals surface area contributed by atoms with Crippen LogP contribution >= 0.6 is 0 Å². The Morgan fingerprint density at radius 2 is 1.91 bits per heavy atom. The molecule has 5 heteroatoms. The largest absolute Gasteiger partial charge is 0.491 e. The van der Waals surface area contributed by atoms with Gasteiger partial charge in [0.2, 0.25) is 5.91 Å². The van der Waals surface area contributed by atoms with Gasteiger partial charge in [0.1, 0.15) is 18.5 Å². The van der Waals surface area contributed by atoms with Crippen molar-refractivity contribution in [2.75, 3.05) is 32.1 Å². The van der Waals surface area contributed by atoms with Gasteiger partial charge in [-0.2, -0.15) is 0 Å². The Morgan fingerprint density at radius 1 is 1.32 bits per heavy atom. The number of nitrogens with zero attached hydrogens (tertiary/aromatic N) is 1. The van der Waals surface area contributed by atoms with Crippen molar-refractivity contribution in [3.05, 3.63) is 24.3 Å². The van der Waals surface area contributed by atoms with Crippen LogP contribution in [0.2, 0.25) is 0 Å². The van der Waals surface area contributed by atoms with E-state index in [0.29, 0.717) is 12.3 Å². The van der Waals surface area contributed by atoms with Crippen LogP contribution in [0.4, 0.5) is 5.69 Å². The summed E-state index contributed by atoms with van der Waals surface area (Å²) >= 11 is 0. The van der Waals surface area contributed by atoms with Gasteiger partial charge in [-0.05, 0) is 36.7 Å². The molecule has 0 heterocycles. The first-order valence-electron chi connectivity index (χ1n) is 7.53. The molecule has 0 aromatic heterocycles. The molecule has 124 valence electrons. The molecule has 1 amide bonds. The van der Waals surface area contributed by atoms with Gasteiger partial charge >= 0.3 is 0 Å². The number of anilines is 1. The summed E-state index contributed by atoms with van der Waals surface area (Å²) in [5, 5.41) is 12.7. The number of aliphatic hydroxyl groups is 1. The quantitative estimate of drug-likeness (QED) is 0.812. The van der Waals surface area contributed by atoms with Gasteiger partial charge in [0, 0.05) is 25.7 Å². The van der Waals surface area contributed by atoms with Crippen molar-refractivity contribution in [1.82, 2.24) is 4.90 Å². The Labute approximate surface area is 133 Å². The molecule has 0 fully saturated rings. The minimum atomic E-state index is -0.539. The molecule has 0 aliphatic rings. The number of amides is 1. The molecule has 0 radical (unpaired) electrons. The number of carbonyl (C=O) groups excluding carboxylic acids is 1. The minimum Gasteiger partial charge on any atom is -0.491 e. The first kappa shape index (κ1) is 18.5. The fourth-order valence-electron chi connectivity index (χ4n) is 2.32. The number of likely N-dealkylation sites (N-methyl/N-ethyl adjacent to an activating group) is 1. The van der Waals surface area contributed by atoms with Crippen molar-refractivity contribution < 1.29 is 14.6 Å². The number of benzene rings is 1. The van der Waals surface area contributed by atoms with Crippen molar-refractivity contribution in [2.45, 2.75) is 33.8 Å². The van der Waals surface area contributed by atoms with E-state index in [1.165, 1.54) is 6.92 Å². The van der Waals surface area contributed by atoms with E-state index in [9.17, 15) is 9.90 Å². The highest BCUT2D eigenvalue weighted by molar-refractivity contribution is 5.88. The molecule has 0 aliphatic carbocycles. The number of aliphatic hydroxyl groups excluding tert-OH is 1. The predicted molar refractivity (Wildman–Crippen MR) is 89.2 cm³/mol. The summed E-state index contributed by atoms with van der Waals surface area (Å²) in [6.45, 7) is 9.70. The molecule has 1 aromatic carbocycles. The average Bonchev–Trinajstić information content (AvgIpc) is 2.34. The predicted octanol–water partition coefficient (Wildman–Crippen LogP) is 2.36. The molecule has 0 saturated carbocycles. The Morgan fingerprint density at radius 3 is 2.41 bits per heavy atom. The lowest BCUT2D eigenvalue weighted by atomic mass is 9.96. The van der Waals surface area contributed by atoms with E-state index in [1.54, 1.807) is 24.3 Å². The van der Waals surface area contributed by atoms with E-state index in [4.69, 9.17) is 4.74 Å². The Kier molecular flexibility index (Phi) is 6.84. The fourth-order valence-corrected chi connectivity index (χ4v) is 2.32. The molecule has 0 spiro atoms. The molecular formula is C17H28N2O3. The average molecular weight is 308 g/mol. The maximum Gasteiger partial charge on any atom is 0.221 e. The molecule has 22 heavy (non-hydrogen) atoms. The van der Waals surface area contributed by atoms with Crippen molar-refractivity contribution in [2.24, 2.45) is 5.41 Å². The molecule has 1 unspecified atom stereocenters. The first-order chi connectivity index (χ1) is 10.2. The Hall–Kier alpha value is -1.59. The van der Waals surface area contributed by atoms with Gasteiger partial charge in [-0.3, -0.25) is 4.79 Å². The van der Waals surface area contributed by atoms with Crippen LogP contribution < -0.4 is 10.1 Å². The number of carbonyl (C=O) groups is 1. The number of hydrogen-bond donors (Lipinski definition) is 2. The summed E-state index contributed by atoms with van der Waals surface area (Å²) in [4.78, 5) is 13.0. The van der Waals surface area contributed by atoms with Gasteiger partial charge in [0.25, 0.3) is 0 Å². The van der Waals surface area contributed by atoms with Crippen molar-refractivity contribution >= 4 is 11.6 Å². The maximum absolute atomic E-state index is 10.9. The highest BCUT2D eigenvalue weighted by Gasteiger charge is 2.16. The molecule has 0 bridgehead atoms. The smallest absolute Gasteiger partial charge is 0.221 e. The SMILES string of the molecule is CC(=O)Nc1ccc(OCC(O)CN(C)CC(C)(C)C)cc1. The molecule has 1 rings (SSSR count). The van der Waals surface area contributed by atoms with E-state index < -0.39 is 6.10 Å². The van der Waals surface area contributed by atoms with Crippen LogP contribution in [0.3, 0.4) is 0 Å². The Bertz CT molecular complexity index is 466. The van der Waals surface area contributed by atoms with Crippen LogP contribution in [0.5, 0.6) is 5.75 Å². The number of rotatable bonds is 7. The zero-order chi connectivity index (χ0) is 16.8. The zero-order valence-corrected chi connectivity index (χ0v) is 14.2. The molecule has 2 N–H and O–H groups in total. The minimum absolute atomic E-state index is 0.106. The lowest BCUT2D eigenvalue weighted by Crippen LogP contribution is -2.37. The monoisotopic (exact) mass is 308 g/mol. The van der Waals surface area contributed by atoms with E-state index in [-0.39, 0.29) is 17.9 Å². The summed E-state index contributed by atoms with van der Waals surface area (Å²) < 4.78 is 5.57. The summed E-state index contributed by atoms with van der Waals surface area (Å²) in [5.74, 6) is 0.567. The van der Waals surface area contributed by atoms with Gasteiger partial charge < -0.3 is 20.1 Å². The second-order valence-corrected chi connectivity index (χ2v) is 6.93. The standard InChI is InChI=1S/C17H28N2O3/c1-13(20)18-14-6-8-16(9-7-14)22-11-15(21)10-19(5)12-17(2,3)4/h6-9,15,21H,10-12H2,1-5H3,(H,18,20). The normalized spacial score (nSPS) is 13.0. The summed E-state index contributed by atoms with van der Waals surface area (Å²) in [6, 6.07) is 7.09. The van der Waals surface area contributed by atoms with Gasteiger partial charge in [-0.25, -0.2) is 0 Å². The van der Waals surface area contributed by atoms with Crippen LogP contribution in [0, 0.1) is 5.41 Å². The lowest BCUT2D eigenvalue weighted by molar-refractivity contribution is -0.114. The van der Waals surface area contributed by atoms with Crippen molar-refractivity contribution in [1.29, 1.82) is 0 Å². The Balaban J connectivity index is 2.37. The fraction of sp³-hybridized carbons (Fsp3) is 0.588. The molecule has 5 nitrogen and oxygen atoms in total. The third-order valence-corrected chi connectivity index (χ3v) is 2.88. The lowest BCUT2D eigenvalue weighted by Gasteiger charge is -2.28. The third kappa shape index (κ3) is 8.00. The second-order valence-electron chi connectivity index (χ2n) is 6.93. The van der Waals surface area contributed by atoms with Gasteiger partial charge in [0.05, 0.1) is 0 Å². The van der Waals surface area contributed by atoms with Crippen LogP contribution in [0.25, 0.3) is 0 Å². The second kappa shape index (κ2) is 8.15. The number of nitrogens with one attached hydrogen (secondary N) is 1. The molecular weight excluding hydrogens is 280 g/mol. The maximum atomic E-state index is 10.9. The van der Waals surface area contributed by atoms with Gasteiger partial charge in [-0.15, -0.1) is 0 Å². The van der Waals surface area contributed by atoms with E-state index >= 15 is 0 Å². The number of hydrogen-bond acceptors (Lipinski definition) is 4. The van der Waals surface area contributed by atoms with E-state index in [1.807, 2.05) is 7.05 Å². The molecule has 0 saturated heterocycles. The zero-order valence-electron chi connectivity index (χ0n) is 14.2. The van der Waals surface area contributed by atoms with Crippen LogP contribution in [-0.2, 0) is 4.79 Å². The summed E-state index contributed by atoms with van der Waals surface area (Å²) in [5.41, 5.74) is 0.930. The van der Waals surface area contributed by atoms with E-state index in [0.717, 1.165) is 12.2 Å². The van der Waals surface area contributed by atoms with E-state index in [2.05, 4.69) is 31.0 Å².